The smallest absolute Gasteiger partial charge is 0.354 e. The number of nitrogens with zero attached hydrogens (tertiary/aromatic N) is 4. The van der Waals surface area contributed by atoms with Crippen molar-refractivity contribution in [3.63, 3.8) is 0 Å². The number of fused-ring (bicyclic) bond motifs is 4. The Labute approximate surface area is 149 Å². The van der Waals surface area contributed by atoms with Crippen LogP contribution in [-0.4, -0.2) is 53.6 Å². The predicted octanol–water partition coefficient (Wildman–Crippen LogP) is 1.60. The van der Waals surface area contributed by atoms with Crippen LogP contribution in [0, 0.1) is 5.82 Å². The molecule has 1 atom stereocenters. The third-order valence-electron chi connectivity index (χ3n) is 4.39. The Morgan fingerprint density at radius 1 is 1.38 bits per heavy atom. The van der Waals surface area contributed by atoms with Crippen molar-refractivity contribution in [1.29, 1.82) is 0 Å². The van der Waals surface area contributed by atoms with E-state index in [4.69, 9.17) is 5.11 Å². The van der Waals surface area contributed by atoms with E-state index in [-0.39, 0.29) is 5.69 Å². The quantitative estimate of drug-likeness (QED) is 0.803. The number of halogens is 1. The Morgan fingerprint density at radius 2 is 2.19 bits per heavy atom. The lowest BCUT2D eigenvalue weighted by atomic mass is 10.2. The Kier molecular flexibility index (Phi) is 4.97. The number of hydrogen-bond acceptors (Lipinski definition) is 6. The van der Waals surface area contributed by atoms with Gasteiger partial charge < -0.3 is 20.2 Å². The molecule has 2 aromatic heterocycles. The van der Waals surface area contributed by atoms with E-state index in [0.29, 0.717) is 18.3 Å². The number of pyridine rings is 2. The molecule has 2 aromatic rings. The van der Waals surface area contributed by atoms with Crippen molar-refractivity contribution in [2.75, 3.05) is 35.3 Å². The summed E-state index contributed by atoms with van der Waals surface area (Å²) in [6.45, 7) is 2.06. The van der Waals surface area contributed by atoms with Gasteiger partial charge in [0.15, 0.2) is 11.5 Å². The summed E-state index contributed by atoms with van der Waals surface area (Å²) >= 11 is 0. The summed E-state index contributed by atoms with van der Waals surface area (Å²) in [5.41, 5.74) is 1.18. The topological polar surface area (TPSA) is 98.7 Å². The molecule has 9 heteroatoms. The van der Waals surface area contributed by atoms with Gasteiger partial charge in [0.05, 0.1) is 11.9 Å². The van der Waals surface area contributed by atoms with E-state index >= 15 is 0 Å². The highest BCUT2D eigenvalue weighted by Gasteiger charge is 2.35. The van der Waals surface area contributed by atoms with Crippen molar-refractivity contribution in [2.45, 2.75) is 12.5 Å². The molecule has 0 radical (unpaired) electrons. The highest BCUT2D eigenvalue weighted by atomic mass is 19.1. The maximum Gasteiger partial charge on any atom is 0.354 e. The zero-order valence-electron chi connectivity index (χ0n) is 14.1. The van der Waals surface area contributed by atoms with Gasteiger partial charge in [-0.15, -0.1) is 0 Å². The van der Waals surface area contributed by atoms with Crippen LogP contribution < -0.4 is 15.1 Å². The average molecular weight is 359 g/mol. The first-order chi connectivity index (χ1) is 12.5. The van der Waals surface area contributed by atoms with Gasteiger partial charge in [-0.25, -0.2) is 19.2 Å². The molecule has 2 N–H and O–H groups in total. The zero-order chi connectivity index (χ0) is 18.7. The Morgan fingerprint density at radius 3 is 2.85 bits per heavy atom. The molecule has 0 saturated carbocycles. The number of aromatic nitrogens is 2. The lowest BCUT2D eigenvalue weighted by Crippen LogP contribution is -2.40. The molecular formula is C17H18FN5O3. The van der Waals surface area contributed by atoms with Gasteiger partial charge in [-0.2, -0.15) is 0 Å². The third-order valence-corrected chi connectivity index (χ3v) is 4.39. The normalized spacial score (nSPS) is 17.1. The van der Waals surface area contributed by atoms with Crippen LogP contribution in [0.25, 0.3) is 0 Å². The molecule has 4 rings (SSSR count). The van der Waals surface area contributed by atoms with Crippen molar-refractivity contribution in [3.8, 4) is 0 Å². The summed E-state index contributed by atoms with van der Waals surface area (Å²) in [7, 11) is 1.99. The molecule has 2 bridgehead atoms. The van der Waals surface area contributed by atoms with Crippen molar-refractivity contribution >= 4 is 29.7 Å². The average Bonchev–Trinajstić information content (AvgIpc) is 3.08. The second kappa shape index (κ2) is 7.34. The van der Waals surface area contributed by atoms with Gasteiger partial charge in [-0.1, -0.05) is 0 Å². The van der Waals surface area contributed by atoms with E-state index in [9.17, 15) is 14.0 Å². The maximum absolute atomic E-state index is 12.1. The molecule has 8 nitrogen and oxygen atoms in total. The Balaban J connectivity index is 0.000000170. The van der Waals surface area contributed by atoms with Gasteiger partial charge in [0, 0.05) is 26.2 Å². The monoisotopic (exact) mass is 359 g/mol. The highest BCUT2D eigenvalue weighted by molar-refractivity contribution is 5.87. The molecule has 4 heterocycles. The molecule has 0 aliphatic carbocycles. The van der Waals surface area contributed by atoms with Crippen molar-refractivity contribution < 1.29 is 19.1 Å². The minimum Gasteiger partial charge on any atom is -0.477 e. The van der Waals surface area contributed by atoms with Crippen LogP contribution in [0.1, 0.15) is 16.9 Å². The van der Waals surface area contributed by atoms with Gasteiger partial charge in [0.2, 0.25) is 6.41 Å². The largest absolute Gasteiger partial charge is 0.477 e. The number of likely N-dealkylation sites (N-methyl/N-ethyl adjacent to an activating group) is 1. The number of nitrogens with one attached hydrogen (secondary N) is 1. The lowest BCUT2D eigenvalue weighted by Gasteiger charge is -2.34. The number of carboxylic acid groups (broad SMARTS) is 1. The molecule has 0 spiro atoms. The molecule has 1 unspecified atom stereocenters. The molecule has 136 valence electrons. The summed E-state index contributed by atoms with van der Waals surface area (Å²) < 4.78 is 12.1. The van der Waals surface area contributed by atoms with Crippen LogP contribution in [0.15, 0.2) is 30.5 Å². The number of hydrogen-bond donors (Lipinski definition) is 2. The summed E-state index contributed by atoms with van der Waals surface area (Å²) in [5.74, 6) is -0.245. The standard InChI is InChI=1S/C11H13N3O2.C6H5FN2O/c1-13-7-4-5-14(6-7)9-3-2-8(11(15)16)12-10(9)13;7-5-1-2-6(8-3-5)9-4-10/h2-3,7H,4-6H2,1H3,(H,15,16);1-4H,(H,8,9,10). The second-order valence-corrected chi connectivity index (χ2v) is 5.97. The predicted molar refractivity (Wildman–Crippen MR) is 94.1 cm³/mol. The van der Waals surface area contributed by atoms with Gasteiger partial charge in [-0.3, -0.25) is 4.79 Å². The molecular weight excluding hydrogens is 341 g/mol. The molecule has 2 aliphatic rings. The van der Waals surface area contributed by atoms with E-state index in [0.717, 1.165) is 37.2 Å². The van der Waals surface area contributed by atoms with Crippen LogP contribution in [0.5, 0.6) is 0 Å². The first-order valence-electron chi connectivity index (χ1n) is 8.03. The van der Waals surface area contributed by atoms with E-state index in [1.165, 1.54) is 12.1 Å². The number of amides is 1. The minimum atomic E-state index is -0.968. The van der Waals surface area contributed by atoms with E-state index in [1.807, 2.05) is 13.1 Å². The number of anilines is 3. The number of aromatic carboxylic acids is 1. The third kappa shape index (κ3) is 3.56. The number of carbonyl (C=O) groups is 2. The second-order valence-electron chi connectivity index (χ2n) is 5.97. The Bertz CT molecular complexity index is 815. The first-order valence-corrected chi connectivity index (χ1v) is 8.03. The van der Waals surface area contributed by atoms with E-state index < -0.39 is 11.8 Å². The fourth-order valence-corrected chi connectivity index (χ4v) is 3.04. The summed E-state index contributed by atoms with van der Waals surface area (Å²) in [6.07, 6.45) is 2.64. The minimum absolute atomic E-state index is 0.119. The Hall–Kier alpha value is -3.23. The van der Waals surface area contributed by atoms with Crippen molar-refractivity contribution in [3.05, 3.63) is 42.0 Å². The molecule has 2 aliphatic heterocycles. The molecule has 26 heavy (non-hydrogen) atoms. The van der Waals surface area contributed by atoms with Crippen LogP contribution in [0.2, 0.25) is 0 Å². The van der Waals surface area contributed by atoms with Gasteiger partial charge in [0.1, 0.15) is 11.6 Å². The summed E-state index contributed by atoms with van der Waals surface area (Å²) in [5, 5.41) is 11.2. The highest BCUT2D eigenvalue weighted by Crippen LogP contribution is 2.37. The van der Waals surface area contributed by atoms with Crippen molar-refractivity contribution in [1.82, 2.24) is 9.97 Å². The summed E-state index contributed by atoms with van der Waals surface area (Å²) in [4.78, 5) is 32.8. The van der Waals surface area contributed by atoms with Crippen LogP contribution >= 0.6 is 0 Å². The lowest BCUT2D eigenvalue weighted by molar-refractivity contribution is -0.105. The molecule has 1 saturated heterocycles. The number of rotatable bonds is 3. The number of carboxylic acids is 1. The molecule has 1 amide bonds. The zero-order valence-corrected chi connectivity index (χ0v) is 14.1. The number of carbonyl (C=O) groups excluding carboxylic acids is 1. The maximum atomic E-state index is 12.1. The first kappa shape index (κ1) is 17.6. The van der Waals surface area contributed by atoms with Crippen LogP contribution in [0.3, 0.4) is 0 Å². The van der Waals surface area contributed by atoms with Crippen molar-refractivity contribution in [2.24, 2.45) is 0 Å². The fraction of sp³-hybridized carbons (Fsp3) is 0.294. The SMILES string of the molecule is CN1c2nc(C(=O)O)ccc2N2CCC1C2.O=CNc1ccc(F)cn1. The summed E-state index contributed by atoms with van der Waals surface area (Å²) in [6, 6.07) is 6.52. The fourth-order valence-electron chi connectivity index (χ4n) is 3.04. The van der Waals surface area contributed by atoms with E-state index in [1.54, 1.807) is 6.07 Å². The van der Waals surface area contributed by atoms with Gasteiger partial charge >= 0.3 is 5.97 Å². The van der Waals surface area contributed by atoms with Crippen LogP contribution in [-0.2, 0) is 4.79 Å². The van der Waals surface area contributed by atoms with Gasteiger partial charge in [0.25, 0.3) is 0 Å². The molecule has 1 fully saturated rings. The van der Waals surface area contributed by atoms with E-state index in [2.05, 4.69) is 25.1 Å². The van der Waals surface area contributed by atoms with Crippen LogP contribution in [0.4, 0.5) is 21.7 Å². The molecule has 0 aromatic carbocycles. The van der Waals surface area contributed by atoms with Gasteiger partial charge in [-0.05, 0) is 30.7 Å².